The van der Waals surface area contributed by atoms with Crippen LogP contribution in [-0.2, 0) is 11.8 Å². The number of hydrogen-bond donors (Lipinski definition) is 3. The van der Waals surface area contributed by atoms with E-state index in [2.05, 4.69) is 36.2 Å². The van der Waals surface area contributed by atoms with Gasteiger partial charge in [0.15, 0.2) is 23.1 Å². The van der Waals surface area contributed by atoms with Gasteiger partial charge in [0.1, 0.15) is 6.33 Å². The molecule has 2 amide bonds. The first-order valence-corrected chi connectivity index (χ1v) is 9.50. The Bertz CT molecular complexity index is 1240. The van der Waals surface area contributed by atoms with Crippen LogP contribution in [0.5, 0.6) is 5.75 Å². The Kier molecular flexibility index (Phi) is 4.53. The minimum absolute atomic E-state index is 0.0445. The van der Waals surface area contributed by atoms with Gasteiger partial charge in [0, 0.05) is 26.1 Å². The molecule has 1 aromatic carbocycles. The number of methoxy groups -OCH3 is 1. The van der Waals surface area contributed by atoms with Crippen molar-refractivity contribution < 1.29 is 18.4 Å². The molecule has 4 rings (SSSR count). The maximum atomic E-state index is 12.4. The summed E-state index contributed by atoms with van der Waals surface area (Å²) in [6, 6.07) is 6.30. The third kappa shape index (κ3) is 4.29. The van der Waals surface area contributed by atoms with E-state index < -0.39 is 12.9 Å². The summed E-state index contributed by atoms with van der Waals surface area (Å²) in [5.74, 6) is -0.413. The predicted molar refractivity (Wildman–Crippen MR) is 113 cm³/mol. The van der Waals surface area contributed by atoms with Crippen molar-refractivity contribution in [3.05, 3.63) is 36.3 Å². The van der Waals surface area contributed by atoms with E-state index in [0.29, 0.717) is 5.56 Å². The average molecular weight is 425 g/mol. The van der Waals surface area contributed by atoms with Crippen molar-refractivity contribution in [3.63, 3.8) is 0 Å². The van der Waals surface area contributed by atoms with Crippen LogP contribution in [0.3, 0.4) is 0 Å². The number of ether oxygens (including phenoxy) is 1. The van der Waals surface area contributed by atoms with Gasteiger partial charge in [-0.3, -0.25) is 14.3 Å². The highest BCUT2D eigenvalue weighted by Crippen LogP contribution is 2.37. The molecule has 0 radical (unpaired) electrons. The fraction of sp³-hybridized carbons (Fsp3) is 0.300. The Morgan fingerprint density at radius 2 is 2.10 bits per heavy atom. The molecule has 2 heterocycles. The van der Waals surface area contributed by atoms with E-state index in [9.17, 15) is 9.59 Å². The molecule has 0 saturated heterocycles. The number of carbonyl (C=O) groups excluding carboxylic acids is 2. The van der Waals surface area contributed by atoms with E-state index in [1.54, 1.807) is 25.2 Å². The number of para-hydroxylation sites is 1. The van der Waals surface area contributed by atoms with Crippen LogP contribution < -0.4 is 20.7 Å². The molecule has 0 atom stereocenters. The Morgan fingerprint density at radius 1 is 1.26 bits per heavy atom. The second-order valence-corrected chi connectivity index (χ2v) is 6.99. The molecule has 0 unspecified atom stereocenters. The highest BCUT2D eigenvalue weighted by Gasteiger charge is 2.30. The lowest BCUT2D eigenvalue weighted by atomic mass is 10.1. The molecular weight excluding hydrogens is 400 g/mol. The second-order valence-electron chi connectivity index (χ2n) is 6.99. The first kappa shape index (κ1) is 16.7. The SMILES string of the molecule is [2H]C([2H])([2H])Oc1c(Nc2cc(NC(=O)C3CC3)nnc2C(=O)NC)cccc1-c1ncn(C)n1. The Hall–Kier alpha value is -4.02. The Labute approximate surface area is 182 Å². The zero-order valence-electron chi connectivity index (χ0n) is 19.8. The van der Waals surface area contributed by atoms with Crippen LogP contribution in [0.25, 0.3) is 11.4 Å². The van der Waals surface area contributed by atoms with Crippen LogP contribution >= 0.6 is 0 Å². The monoisotopic (exact) mass is 425 g/mol. The van der Waals surface area contributed by atoms with Crippen molar-refractivity contribution >= 4 is 29.0 Å². The Morgan fingerprint density at radius 3 is 2.77 bits per heavy atom. The maximum absolute atomic E-state index is 12.4. The molecule has 3 aromatic rings. The standard InChI is InChI=1S/C20H22N8O3/c1-21-20(30)16-14(9-15(25-26-16)24-19(29)11-7-8-11)23-13-6-4-5-12(17(13)31-3)18-22-10-28(2)27-18/h4-6,9-11H,7-8H2,1-3H3,(H,21,30)(H2,23,24,25,29)/i3D3. The van der Waals surface area contributed by atoms with Gasteiger partial charge in [-0.05, 0) is 25.0 Å². The number of amides is 2. The molecule has 11 heteroatoms. The molecule has 1 aliphatic carbocycles. The van der Waals surface area contributed by atoms with Crippen molar-refractivity contribution in [3.8, 4) is 17.1 Å². The molecule has 11 nitrogen and oxygen atoms in total. The van der Waals surface area contributed by atoms with Crippen molar-refractivity contribution in [1.82, 2.24) is 30.3 Å². The molecule has 1 saturated carbocycles. The van der Waals surface area contributed by atoms with Crippen molar-refractivity contribution in [2.45, 2.75) is 12.8 Å². The summed E-state index contributed by atoms with van der Waals surface area (Å²) < 4.78 is 29.6. The van der Waals surface area contributed by atoms with Crippen LogP contribution in [0.1, 0.15) is 27.4 Å². The first-order chi connectivity index (χ1) is 16.1. The highest BCUT2D eigenvalue weighted by molar-refractivity contribution is 6.00. The lowest BCUT2D eigenvalue weighted by Gasteiger charge is -2.16. The maximum Gasteiger partial charge on any atom is 0.273 e. The van der Waals surface area contributed by atoms with Gasteiger partial charge >= 0.3 is 0 Å². The van der Waals surface area contributed by atoms with Gasteiger partial charge in [0.2, 0.25) is 5.91 Å². The number of benzene rings is 1. The average Bonchev–Trinajstić information content (AvgIpc) is 3.55. The number of aryl methyl sites for hydroxylation is 1. The number of aromatic nitrogens is 5. The van der Waals surface area contributed by atoms with Crippen LogP contribution in [0.2, 0.25) is 0 Å². The van der Waals surface area contributed by atoms with E-state index in [-0.39, 0.29) is 46.3 Å². The summed E-state index contributed by atoms with van der Waals surface area (Å²) in [6.45, 7) is 0. The van der Waals surface area contributed by atoms with Gasteiger partial charge in [0.05, 0.1) is 28.1 Å². The van der Waals surface area contributed by atoms with Crippen molar-refractivity contribution in [1.29, 1.82) is 0 Å². The minimum atomic E-state index is -2.77. The number of carbonyl (C=O) groups is 2. The third-order valence-electron chi connectivity index (χ3n) is 4.66. The van der Waals surface area contributed by atoms with Crippen LogP contribution in [0.15, 0.2) is 30.6 Å². The van der Waals surface area contributed by atoms with Gasteiger partial charge < -0.3 is 20.7 Å². The number of anilines is 3. The van der Waals surface area contributed by atoms with E-state index in [4.69, 9.17) is 8.85 Å². The van der Waals surface area contributed by atoms with E-state index in [0.717, 1.165) is 12.8 Å². The van der Waals surface area contributed by atoms with Crippen LogP contribution in [0, 0.1) is 5.92 Å². The van der Waals surface area contributed by atoms with Gasteiger partial charge in [-0.25, -0.2) is 4.98 Å². The van der Waals surface area contributed by atoms with Gasteiger partial charge in [0.25, 0.3) is 5.91 Å². The fourth-order valence-electron chi connectivity index (χ4n) is 2.94. The molecule has 0 aliphatic heterocycles. The van der Waals surface area contributed by atoms with Gasteiger partial charge in [-0.2, -0.15) is 5.10 Å². The fourth-order valence-corrected chi connectivity index (χ4v) is 2.94. The first-order valence-electron chi connectivity index (χ1n) is 11.0. The zero-order chi connectivity index (χ0) is 24.5. The van der Waals surface area contributed by atoms with E-state index >= 15 is 0 Å². The molecular formula is C20H22N8O3. The van der Waals surface area contributed by atoms with Crippen molar-refractivity contribution in [2.24, 2.45) is 13.0 Å². The van der Waals surface area contributed by atoms with Gasteiger partial charge in [-0.1, -0.05) is 6.07 Å². The van der Waals surface area contributed by atoms with Crippen LogP contribution in [0.4, 0.5) is 17.2 Å². The lowest BCUT2D eigenvalue weighted by molar-refractivity contribution is -0.117. The zero-order valence-corrected chi connectivity index (χ0v) is 16.8. The van der Waals surface area contributed by atoms with Crippen molar-refractivity contribution in [2.75, 3.05) is 24.7 Å². The molecule has 2 aromatic heterocycles. The summed E-state index contributed by atoms with van der Waals surface area (Å²) in [7, 11) is 0.344. The van der Waals surface area contributed by atoms with Gasteiger partial charge in [-0.15, -0.1) is 10.2 Å². The molecule has 3 N–H and O–H groups in total. The second kappa shape index (κ2) is 8.38. The molecule has 1 fully saturated rings. The quantitative estimate of drug-likeness (QED) is 0.521. The Balaban J connectivity index is 1.77. The predicted octanol–water partition coefficient (Wildman–Crippen LogP) is 1.73. The summed E-state index contributed by atoms with van der Waals surface area (Å²) in [6.07, 6.45) is 3.09. The molecule has 0 spiro atoms. The minimum Gasteiger partial charge on any atom is -0.494 e. The number of nitrogens with zero attached hydrogens (tertiary/aromatic N) is 5. The summed E-state index contributed by atoms with van der Waals surface area (Å²) >= 11 is 0. The normalized spacial score (nSPS) is 14.7. The lowest BCUT2D eigenvalue weighted by Crippen LogP contribution is -2.22. The molecule has 0 bridgehead atoms. The smallest absolute Gasteiger partial charge is 0.273 e. The molecule has 1 aliphatic rings. The topological polar surface area (TPSA) is 136 Å². The number of nitrogens with one attached hydrogen (secondary N) is 3. The summed E-state index contributed by atoms with van der Waals surface area (Å²) in [4.78, 5) is 28.7. The molecule has 160 valence electrons. The third-order valence-corrected chi connectivity index (χ3v) is 4.66. The largest absolute Gasteiger partial charge is 0.494 e. The number of hydrogen-bond acceptors (Lipinski definition) is 8. The molecule has 31 heavy (non-hydrogen) atoms. The van der Waals surface area contributed by atoms with E-state index in [1.165, 1.54) is 24.1 Å². The highest BCUT2D eigenvalue weighted by atomic mass is 16.5. The summed E-state index contributed by atoms with van der Waals surface area (Å²) in [5.41, 5.74) is 0.668. The van der Waals surface area contributed by atoms with E-state index in [1.807, 2.05) is 0 Å². The summed E-state index contributed by atoms with van der Waals surface area (Å²) in [5, 5.41) is 20.3. The van der Waals surface area contributed by atoms with Crippen LogP contribution in [-0.4, -0.2) is 50.9 Å². The number of rotatable bonds is 7.